The van der Waals surface area contributed by atoms with Gasteiger partial charge in [0.25, 0.3) is 0 Å². The smallest absolute Gasteiger partial charge is 0.351 e. The molecule has 0 aliphatic heterocycles. The highest BCUT2D eigenvalue weighted by atomic mass is 16.5. The lowest BCUT2D eigenvalue weighted by Gasteiger charge is -2.07. The van der Waals surface area contributed by atoms with Gasteiger partial charge < -0.3 is 14.3 Å². The van der Waals surface area contributed by atoms with E-state index in [-0.39, 0.29) is 23.5 Å². The molecule has 0 amide bonds. The minimum absolute atomic E-state index is 0.230. The molecule has 2 rings (SSSR count). The van der Waals surface area contributed by atoms with E-state index >= 15 is 0 Å². The molecule has 0 aliphatic rings. The van der Waals surface area contributed by atoms with Crippen LogP contribution in [0.5, 0.6) is 5.75 Å². The van der Waals surface area contributed by atoms with E-state index in [2.05, 4.69) is 6.92 Å². The van der Waals surface area contributed by atoms with Crippen LogP contribution < -0.4 is 5.63 Å². The molecule has 2 aromatic rings. The number of aromatic hydroxyl groups is 1. The lowest BCUT2D eigenvalue weighted by Crippen LogP contribution is -2.19. The molecule has 1 aromatic heterocycles. The zero-order valence-corrected chi connectivity index (χ0v) is 16.4. The minimum Gasteiger partial charge on any atom is -0.506 e. The lowest BCUT2D eigenvalue weighted by molar-refractivity contribution is 0.0746. The fraction of sp³-hybridized carbons (Fsp3) is 0.545. The number of ketones is 1. The van der Waals surface area contributed by atoms with Gasteiger partial charge in [-0.25, -0.2) is 4.79 Å². The Morgan fingerprint density at radius 2 is 1.74 bits per heavy atom. The van der Waals surface area contributed by atoms with E-state index in [1.807, 2.05) is 6.92 Å². The number of carbonyl (C=O) groups excluding carboxylic acids is 1. The Bertz CT molecular complexity index is 806. The van der Waals surface area contributed by atoms with Crippen molar-refractivity contribution in [3.05, 3.63) is 39.7 Å². The van der Waals surface area contributed by atoms with Gasteiger partial charge in [-0.1, -0.05) is 63.5 Å². The summed E-state index contributed by atoms with van der Waals surface area (Å²) in [5.74, 6) is -0.880. The summed E-state index contributed by atoms with van der Waals surface area (Å²) in [5.41, 5.74) is 0.00375. The summed E-state index contributed by atoms with van der Waals surface area (Å²) in [6.45, 7) is 4.31. The molecular weight excluding hydrogens is 344 g/mol. The molecule has 0 saturated carbocycles. The number of carbonyl (C=O) groups is 1. The summed E-state index contributed by atoms with van der Waals surface area (Å²) in [6.07, 6.45) is 9.52. The van der Waals surface area contributed by atoms with E-state index in [9.17, 15) is 14.7 Å². The average Bonchev–Trinajstić information content (AvgIpc) is 2.64. The van der Waals surface area contributed by atoms with Gasteiger partial charge in [0.15, 0.2) is 5.78 Å². The van der Waals surface area contributed by atoms with Crippen molar-refractivity contribution in [3.8, 4) is 5.75 Å². The van der Waals surface area contributed by atoms with Gasteiger partial charge in [0, 0.05) is 6.61 Å². The summed E-state index contributed by atoms with van der Waals surface area (Å²) in [7, 11) is 0. The summed E-state index contributed by atoms with van der Waals surface area (Å²) >= 11 is 0. The zero-order valence-electron chi connectivity index (χ0n) is 16.4. The van der Waals surface area contributed by atoms with Crippen LogP contribution in [-0.2, 0) is 4.74 Å². The van der Waals surface area contributed by atoms with Gasteiger partial charge in [-0.3, -0.25) is 4.79 Å². The molecule has 0 spiro atoms. The van der Waals surface area contributed by atoms with E-state index in [4.69, 9.17) is 9.15 Å². The fourth-order valence-electron chi connectivity index (χ4n) is 3.12. The van der Waals surface area contributed by atoms with E-state index in [0.717, 1.165) is 18.4 Å². The number of fused-ring (bicyclic) bond motifs is 1. The third kappa shape index (κ3) is 6.21. The molecule has 27 heavy (non-hydrogen) atoms. The molecule has 0 saturated heterocycles. The van der Waals surface area contributed by atoms with Crippen LogP contribution in [0.15, 0.2) is 27.4 Å². The third-order valence-electron chi connectivity index (χ3n) is 4.69. The van der Waals surface area contributed by atoms with Gasteiger partial charge in [0.2, 0.25) is 0 Å². The zero-order chi connectivity index (χ0) is 19.6. The molecule has 5 nitrogen and oxygen atoms in total. The highest BCUT2D eigenvalue weighted by molar-refractivity contribution is 6.03. The van der Waals surface area contributed by atoms with Crippen LogP contribution in [-0.4, -0.2) is 24.1 Å². The molecule has 0 atom stereocenters. The second-order valence-corrected chi connectivity index (χ2v) is 7.06. The highest BCUT2D eigenvalue weighted by Gasteiger charge is 2.20. The van der Waals surface area contributed by atoms with Crippen molar-refractivity contribution < 1.29 is 19.1 Å². The topological polar surface area (TPSA) is 76.7 Å². The maximum Gasteiger partial charge on any atom is 0.351 e. The average molecular weight is 374 g/mol. The number of benzene rings is 1. The number of rotatable bonds is 12. The first-order valence-electron chi connectivity index (χ1n) is 9.92. The third-order valence-corrected chi connectivity index (χ3v) is 4.69. The minimum atomic E-state index is -0.829. The van der Waals surface area contributed by atoms with E-state index in [1.165, 1.54) is 38.5 Å². The summed E-state index contributed by atoms with van der Waals surface area (Å²) in [4.78, 5) is 24.4. The van der Waals surface area contributed by atoms with Crippen LogP contribution in [0.3, 0.4) is 0 Å². The Hall–Kier alpha value is -2.14. The molecular formula is C22H30O5. The maximum absolute atomic E-state index is 12.3. The number of ether oxygens (including phenoxy) is 1. The Kier molecular flexibility index (Phi) is 8.52. The quantitative estimate of drug-likeness (QED) is 0.316. The number of hydrogen-bond donors (Lipinski definition) is 1. The highest BCUT2D eigenvalue weighted by Crippen LogP contribution is 2.27. The van der Waals surface area contributed by atoms with Crippen molar-refractivity contribution >= 4 is 16.8 Å². The first-order valence-corrected chi connectivity index (χ1v) is 9.92. The van der Waals surface area contributed by atoms with E-state index < -0.39 is 11.4 Å². The first kappa shape index (κ1) is 21.2. The predicted octanol–water partition coefficient (Wildman–Crippen LogP) is 5.15. The second kappa shape index (κ2) is 10.9. The number of hydrogen-bond acceptors (Lipinski definition) is 5. The van der Waals surface area contributed by atoms with Gasteiger partial charge >= 0.3 is 5.63 Å². The Labute approximate surface area is 160 Å². The molecule has 1 aromatic carbocycles. The molecule has 1 N–H and O–H groups in total. The van der Waals surface area contributed by atoms with Gasteiger partial charge in [0.1, 0.15) is 23.5 Å². The van der Waals surface area contributed by atoms with Gasteiger partial charge in [-0.2, -0.15) is 0 Å². The molecule has 0 radical (unpaired) electrons. The molecule has 0 fully saturated rings. The fourth-order valence-corrected chi connectivity index (χ4v) is 3.12. The lowest BCUT2D eigenvalue weighted by atomic mass is 10.1. The van der Waals surface area contributed by atoms with Gasteiger partial charge in [-0.15, -0.1) is 0 Å². The second-order valence-electron chi connectivity index (χ2n) is 7.06. The first-order chi connectivity index (χ1) is 13.0. The van der Waals surface area contributed by atoms with Crippen LogP contribution in [0.25, 0.3) is 11.0 Å². The number of aryl methyl sites for hydroxylation is 1. The molecule has 148 valence electrons. The molecule has 0 aliphatic carbocycles. The van der Waals surface area contributed by atoms with Crippen molar-refractivity contribution in [1.29, 1.82) is 0 Å². The molecule has 5 heteroatoms. The Morgan fingerprint density at radius 1 is 1.07 bits per heavy atom. The summed E-state index contributed by atoms with van der Waals surface area (Å²) in [6, 6.07) is 5.07. The monoisotopic (exact) mass is 374 g/mol. The Balaban J connectivity index is 1.80. The van der Waals surface area contributed by atoms with Crippen LogP contribution in [0, 0.1) is 6.92 Å². The van der Waals surface area contributed by atoms with E-state index in [0.29, 0.717) is 12.0 Å². The normalized spacial score (nSPS) is 11.2. The van der Waals surface area contributed by atoms with Gasteiger partial charge in [0.05, 0.1) is 5.39 Å². The van der Waals surface area contributed by atoms with Gasteiger partial charge in [-0.05, 0) is 25.5 Å². The van der Waals surface area contributed by atoms with Crippen molar-refractivity contribution in [3.63, 3.8) is 0 Å². The van der Waals surface area contributed by atoms with Crippen LogP contribution in [0.1, 0.15) is 74.2 Å². The maximum atomic E-state index is 12.3. The van der Waals surface area contributed by atoms with Crippen molar-refractivity contribution in [2.45, 2.75) is 65.2 Å². The van der Waals surface area contributed by atoms with Crippen LogP contribution in [0.2, 0.25) is 0 Å². The predicted molar refractivity (Wildman–Crippen MR) is 107 cm³/mol. The van der Waals surface area contributed by atoms with E-state index in [1.54, 1.807) is 18.2 Å². The molecule has 0 unspecified atom stereocenters. The SMILES string of the molecule is CCCCCCCCCCOCC(=O)c1c(O)c2cc(C)ccc2oc1=O. The largest absolute Gasteiger partial charge is 0.506 e. The van der Waals surface area contributed by atoms with Crippen molar-refractivity contribution in [2.75, 3.05) is 13.2 Å². The Morgan fingerprint density at radius 3 is 2.44 bits per heavy atom. The molecule has 1 heterocycles. The summed E-state index contributed by atoms with van der Waals surface area (Å²) < 4.78 is 10.6. The van der Waals surface area contributed by atoms with Crippen LogP contribution in [0.4, 0.5) is 0 Å². The standard InChI is InChI=1S/C22H30O5/c1-3-4-5-6-7-8-9-10-13-26-15-18(23)20-21(24)17-14-16(2)11-12-19(17)27-22(20)25/h11-12,14,24H,3-10,13,15H2,1-2H3. The van der Waals surface area contributed by atoms with Crippen molar-refractivity contribution in [2.24, 2.45) is 0 Å². The van der Waals surface area contributed by atoms with Crippen LogP contribution >= 0.6 is 0 Å². The molecule has 0 bridgehead atoms. The van der Waals surface area contributed by atoms with Crippen molar-refractivity contribution in [1.82, 2.24) is 0 Å². The number of Topliss-reactive ketones (excluding diaryl/α,β-unsaturated/α-hetero) is 1. The number of unbranched alkanes of at least 4 members (excludes halogenated alkanes) is 7. The summed E-state index contributed by atoms with van der Waals surface area (Å²) in [5, 5.41) is 10.7.